The van der Waals surface area contributed by atoms with Gasteiger partial charge in [-0.15, -0.1) is 0 Å². The van der Waals surface area contributed by atoms with Gasteiger partial charge in [-0.05, 0) is 36.8 Å². The Balaban J connectivity index is 1.78. The number of para-hydroxylation sites is 2. The summed E-state index contributed by atoms with van der Waals surface area (Å²) >= 11 is 0. The van der Waals surface area contributed by atoms with Crippen LogP contribution >= 0.6 is 0 Å². The smallest absolute Gasteiger partial charge is 0.306 e. The number of aromatic nitrogens is 2. The lowest BCUT2D eigenvalue weighted by molar-refractivity contribution is -0.119. The molecule has 1 amide bonds. The number of hydrogen-bond acceptors (Lipinski definition) is 3. The Morgan fingerprint density at radius 3 is 2.10 bits per heavy atom. The molecule has 6 heteroatoms. The quantitative estimate of drug-likeness (QED) is 0.487. The van der Waals surface area contributed by atoms with E-state index in [0.717, 1.165) is 11.3 Å². The third-order valence-electron chi connectivity index (χ3n) is 5.29. The first-order valence-electron chi connectivity index (χ1n) is 10.2. The molecule has 0 saturated heterocycles. The Bertz CT molecular complexity index is 1330. The van der Waals surface area contributed by atoms with Crippen molar-refractivity contribution in [3.05, 3.63) is 111 Å². The highest BCUT2D eigenvalue weighted by Gasteiger charge is 2.20. The van der Waals surface area contributed by atoms with Crippen LogP contribution in [-0.4, -0.2) is 15.0 Å². The zero-order chi connectivity index (χ0) is 21.8. The van der Waals surface area contributed by atoms with E-state index in [-0.39, 0.29) is 24.6 Å². The number of rotatable bonds is 6. The molecule has 0 spiro atoms. The Hall–Kier alpha value is -3.93. The third kappa shape index (κ3) is 4.05. The van der Waals surface area contributed by atoms with Crippen LogP contribution in [0.4, 0.5) is 5.69 Å². The van der Waals surface area contributed by atoms with Crippen molar-refractivity contribution >= 4 is 22.5 Å². The molecule has 0 N–H and O–H groups in total. The van der Waals surface area contributed by atoms with E-state index < -0.39 is 5.69 Å². The van der Waals surface area contributed by atoms with Crippen LogP contribution in [0.5, 0.6) is 0 Å². The highest BCUT2D eigenvalue weighted by molar-refractivity contribution is 5.94. The first-order valence-corrected chi connectivity index (χ1v) is 10.2. The van der Waals surface area contributed by atoms with Crippen molar-refractivity contribution in [1.82, 2.24) is 9.13 Å². The van der Waals surface area contributed by atoms with Gasteiger partial charge in [0.25, 0.3) is 5.56 Å². The summed E-state index contributed by atoms with van der Waals surface area (Å²) < 4.78 is 2.56. The molecule has 0 atom stereocenters. The van der Waals surface area contributed by atoms with Crippen molar-refractivity contribution in [3.8, 4) is 0 Å². The molecule has 0 fully saturated rings. The Morgan fingerprint density at radius 2 is 1.42 bits per heavy atom. The molecule has 1 aromatic heterocycles. The maximum atomic E-state index is 13.5. The van der Waals surface area contributed by atoms with E-state index in [1.165, 1.54) is 9.13 Å². The lowest BCUT2D eigenvalue weighted by atomic mass is 10.2. The van der Waals surface area contributed by atoms with Crippen LogP contribution in [0, 0.1) is 0 Å². The summed E-state index contributed by atoms with van der Waals surface area (Å²) in [5.41, 5.74) is 1.37. The minimum absolute atomic E-state index is 0.165. The molecule has 0 radical (unpaired) electrons. The van der Waals surface area contributed by atoms with Gasteiger partial charge in [0.2, 0.25) is 5.91 Å². The normalized spacial score (nSPS) is 10.9. The average Bonchev–Trinajstić information content (AvgIpc) is 2.81. The number of hydrogen-bond donors (Lipinski definition) is 0. The topological polar surface area (TPSA) is 64.3 Å². The van der Waals surface area contributed by atoms with Gasteiger partial charge in [0.05, 0.1) is 17.4 Å². The van der Waals surface area contributed by atoms with Gasteiger partial charge < -0.3 is 4.90 Å². The second kappa shape index (κ2) is 8.83. The molecule has 0 bridgehead atoms. The van der Waals surface area contributed by atoms with Gasteiger partial charge in [0.15, 0.2) is 0 Å². The van der Waals surface area contributed by atoms with E-state index in [0.29, 0.717) is 17.4 Å². The Morgan fingerprint density at radius 1 is 0.806 bits per heavy atom. The number of carbonyl (C=O) groups excluding carboxylic acids is 1. The Kier molecular flexibility index (Phi) is 5.80. The molecule has 6 nitrogen and oxygen atoms in total. The molecular weight excluding hydrogens is 390 g/mol. The van der Waals surface area contributed by atoms with Gasteiger partial charge >= 0.3 is 5.69 Å². The molecule has 0 aliphatic carbocycles. The molecule has 4 rings (SSSR count). The fraction of sp³-hybridized carbons (Fsp3) is 0.160. The maximum Gasteiger partial charge on any atom is 0.331 e. The highest BCUT2D eigenvalue weighted by atomic mass is 16.2. The van der Waals surface area contributed by atoms with Crippen LogP contribution < -0.4 is 16.1 Å². The summed E-state index contributed by atoms with van der Waals surface area (Å²) in [4.78, 5) is 40.9. The maximum absolute atomic E-state index is 13.5. The summed E-state index contributed by atoms with van der Waals surface area (Å²) in [6.07, 6.45) is 0. The van der Waals surface area contributed by atoms with Crippen LogP contribution in [-0.2, 0) is 24.4 Å². The SMILES string of the molecule is CCn1c(=O)c2ccccc2n(CC(=O)N(Cc2ccccc2)c2ccccc2)c1=O. The minimum Gasteiger partial charge on any atom is -0.306 e. The molecule has 0 saturated carbocycles. The number of amides is 1. The lowest BCUT2D eigenvalue weighted by Gasteiger charge is -2.24. The van der Waals surface area contributed by atoms with Gasteiger partial charge in [-0.2, -0.15) is 0 Å². The van der Waals surface area contributed by atoms with Crippen molar-refractivity contribution in [3.63, 3.8) is 0 Å². The zero-order valence-corrected chi connectivity index (χ0v) is 17.3. The Labute approximate surface area is 179 Å². The number of benzene rings is 3. The fourth-order valence-corrected chi connectivity index (χ4v) is 3.72. The summed E-state index contributed by atoms with van der Waals surface area (Å²) in [7, 11) is 0. The summed E-state index contributed by atoms with van der Waals surface area (Å²) in [5.74, 6) is -0.233. The molecule has 0 aliphatic rings. The summed E-state index contributed by atoms with van der Waals surface area (Å²) in [5, 5.41) is 0.422. The van der Waals surface area contributed by atoms with Crippen LogP contribution in [0.25, 0.3) is 10.9 Å². The van der Waals surface area contributed by atoms with Gasteiger partial charge in [0, 0.05) is 12.2 Å². The van der Waals surface area contributed by atoms with E-state index in [1.54, 1.807) is 36.1 Å². The van der Waals surface area contributed by atoms with Crippen molar-refractivity contribution in [2.24, 2.45) is 0 Å². The molecule has 31 heavy (non-hydrogen) atoms. The molecule has 4 aromatic rings. The van der Waals surface area contributed by atoms with Crippen molar-refractivity contribution in [2.75, 3.05) is 4.90 Å². The second-order valence-corrected chi connectivity index (χ2v) is 7.24. The van der Waals surface area contributed by atoms with Gasteiger partial charge in [0.1, 0.15) is 6.54 Å². The number of nitrogens with zero attached hydrogens (tertiary/aromatic N) is 3. The van der Waals surface area contributed by atoms with E-state index in [2.05, 4.69) is 0 Å². The first-order chi connectivity index (χ1) is 15.1. The van der Waals surface area contributed by atoms with Crippen molar-refractivity contribution in [2.45, 2.75) is 26.6 Å². The highest BCUT2D eigenvalue weighted by Crippen LogP contribution is 2.18. The fourth-order valence-electron chi connectivity index (χ4n) is 3.72. The molecule has 0 unspecified atom stereocenters. The number of anilines is 1. The minimum atomic E-state index is -0.479. The van der Waals surface area contributed by atoms with E-state index >= 15 is 0 Å². The predicted octanol–water partition coefficient (Wildman–Crippen LogP) is 3.42. The first kappa shape index (κ1) is 20.3. The van der Waals surface area contributed by atoms with Gasteiger partial charge in [-0.3, -0.25) is 18.7 Å². The monoisotopic (exact) mass is 413 g/mol. The molecule has 1 heterocycles. The summed E-state index contributed by atoms with van der Waals surface area (Å²) in [6.45, 7) is 2.20. The van der Waals surface area contributed by atoms with E-state index in [9.17, 15) is 14.4 Å². The lowest BCUT2D eigenvalue weighted by Crippen LogP contribution is -2.43. The average molecular weight is 413 g/mol. The zero-order valence-electron chi connectivity index (χ0n) is 17.3. The molecule has 3 aromatic carbocycles. The molecule has 156 valence electrons. The van der Waals surface area contributed by atoms with Crippen molar-refractivity contribution in [1.29, 1.82) is 0 Å². The van der Waals surface area contributed by atoms with Crippen LogP contribution in [0.2, 0.25) is 0 Å². The van der Waals surface area contributed by atoms with Crippen LogP contribution in [0.15, 0.2) is 94.5 Å². The second-order valence-electron chi connectivity index (χ2n) is 7.24. The molecule has 0 aliphatic heterocycles. The number of carbonyl (C=O) groups is 1. The van der Waals surface area contributed by atoms with E-state index in [1.807, 2.05) is 60.7 Å². The molecular formula is C25H23N3O3. The van der Waals surface area contributed by atoms with Gasteiger partial charge in [-0.1, -0.05) is 60.7 Å². The largest absolute Gasteiger partial charge is 0.331 e. The summed E-state index contributed by atoms with van der Waals surface area (Å²) in [6, 6.07) is 26.0. The standard InChI is InChI=1S/C25H23N3O3/c1-2-26-24(30)21-15-9-10-16-22(21)28(25(26)31)18-23(29)27(20-13-7-4-8-14-20)17-19-11-5-3-6-12-19/h3-16H,2,17-18H2,1H3. The third-order valence-corrected chi connectivity index (χ3v) is 5.29. The predicted molar refractivity (Wildman–Crippen MR) is 122 cm³/mol. The van der Waals surface area contributed by atoms with Crippen LogP contribution in [0.3, 0.4) is 0 Å². The van der Waals surface area contributed by atoms with Gasteiger partial charge in [-0.25, -0.2) is 4.79 Å². The number of fused-ring (bicyclic) bond motifs is 1. The van der Waals surface area contributed by atoms with E-state index in [4.69, 9.17) is 0 Å². The van der Waals surface area contributed by atoms with Crippen molar-refractivity contribution < 1.29 is 4.79 Å². The van der Waals surface area contributed by atoms with Crippen LogP contribution in [0.1, 0.15) is 12.5 Å².